The minimum absolute atomic E-state index is 0.0451. The molecule has 1 aliphatic heterocycles. The molecule has 2 aromatic rings. The number of amides is 11. The molecule has 104 heavy (non-hydrogen) atoms. The fourth-order valence-electron chi connectivity index (χ4n) is 13.2. The Balaban J connectivity index is 2.27. The third kappa shape index (κ3) is 24.3. The molecule has 586 valence electrons. The van der Waals surface area contributed by atoms with Gasteiger partial charge >= 0.3 is 6.18 Å². The van der Waals surface area contributed by atoms with Crippen molar-refractivity contribution in [2.45, 2.75) is 241 Å². The average molecular weight is 1470 g/mol. The molecule has 1 aromatic carbocycles. The number of halogens is 3. The van der Waals surface area contributed by atoms with Crippen LogP contribution >= 0.6 is 0 Å². The van der Waals surface area contributed by atoms with Crippen LogP contribution in [0.2, 0.25) is 0 Å². The van der Waals surface area contributed by atoms with Crippen molar-refractivity contribution in [3.63, 3.8) is 0 Å². The Morgan fingerprint density at radius 2 is 1.03 bits per heavy atom. The number of aliphatic hydroxyl groups is 1. The number of nitrogens with zero attached hydrogens (tertiary/aromatic N) is 9. The van der Waals surface area contributed by atoms with E-state index in [9.17, 15) is 51.8 Å². The molecule has 11 amide bonds. The second kappa shape index (κ2) is 40.0. The number of aryl methyl sites for hydroxylation is 1. The summed E-state index contributed by atoms with van der Waals surface area (Å²) in [5, 5.41) is 24.2. The van der Waals surface area contributed by atoms with Gasteiger partial charge < -0.3 is 65.6 Å². The van der Waals surface area contributed by atoms with Crippen LogP contribution in [0.15, 0.2) is 42.6 Å². The van der Waals surface area contributed by atoms with E-state index in [0.29, 0.717) is 30.3 Å². The van der Waals surface area contributed by atoms with E-state index in [1.807, 2.05) is 86.5 Å². The van der Waals surface area contributed by atoms with Crippen LogP contribution in [0.25, 0.3) is 10.9 Å². The van der Waals surface area contributed by atoms with Gasteiger partial charge in [-0.05, 0) is 112 Å². The Hall–Kier alpha value is -7.91. The number of rotatable bonds is 20. The summed E-state index contributed by atoms with van der Waals surface area (Å²) in [6.07, 6.45) is 0.719. The number of carbonyl (C=O) groups is 11. The van der Waals surface area contributed by atoms with Gasteiger partial charge in [0.25, 0.3) is 0 Å². The van der Waals surface area contributed by atoms with Gasteiger partial charge in [-0.2, -0.15) is 17.7 Å². The van der Waals surface area contributed by atoms with Crippen molar-refractivity contribution >= 4 is 81.6 Å². The minimum Gasteiger partial charge on any atom is -0.390 e. The van der Waals surface area contributed by atoms with Gasteiger partial charge in [0, 0.05) is 82.0 Å². The van der Waals surface area contributed by atoms with E-state index in [2.05, 4.69) is 21.3 Å². The molecule has 0 saturated carbocycles. The standard InChI is InChI=1S/C76H124F3N13O12/c1-26-54-71(100)85(19)42-61(93)86(20)57(37-43(2)3)68(97)83-62(47(10)11)74(103)87(21)58(38-44(4)5)67(96)80-50(15)66(95)81-51(16)70(99)88(22)59(39-45(6)7)72(101)89(23)60(40-46(8)9)73(102)90(24)63(48(12)13)75(104)91(25)64(69(98)82-54)65(94)49(14)31-29-27-28-30-35-92-36-34-55(84(17)18)53-33-32-52(41-56(53)92)76(77,78)79/h27,29,32-34,36,41,43-51,54,57-60,62-65,94H,26,28,30-31,35,37-40,42H2,1-25H3,(H3-,80,81,82,83,95,96,97,98)/p+1/b29-27+/t49-,50+,51-,54+,57+,58+,59+,60+,62+,63+,64+,65-/m1/s1. The number of anilines is 1. The first-order chi connectivity index (χ1) is 48.1. The number of benzene rings is 1. The lowest BCUT2D eigenvalue weighted by atomic mass is 9.91. The van der Waals surface area contributed by atoms with Gasteiger partial charge in [-0.1, -0.05) is 109 Å². The molecule has 1 aromatic heterocycles. The number of pyridine rings is 1. The van der Waals surface area contributed by atoms with Crippen molar-refractivity contribution in [3.8, 4) is 0 Å². The maximum Gasteiger partial charge on any atom is 0.416 e. The normalized spacial score (nSPS) is 24.3. The largest absolute Gasteiger partial charge is 0.416 e. The summed E-state index contributed by atoms with van der Waals surface area (Å²) < 4.78 is 43.6. The summed E-state index contributed by atoms with van der Waals surface area (Å²) in [6.45, 7) is 27.5. The number of hydrogen-bond donors (Lipinski definition) is 5. The summed E-state index contributed by atoms with van der Waals surface area (Å²) in [5.74, 6) is -10.6. The number of carbonyl (C=O) groups excluding carboxylic acids is 11. The molecule has 12 atom stereocenters. The van der Waals surface area contributed by atoms with Crippen LogP contribution in [-0.2, 0) is 65.5 Å². The number of hydrogen-bond acceptors (Lipinski definition) is 13. The fourth-order valence-corrected chi connectivity index (χ4v) is 13.2. The van der Waals surface area contributed by atoms with E-state index in [1.165, 1.54) is 93.7 Å². The second-order valence-corrected chi connectivity index (χ2v) is 31.2. The highest BCUT2D eigenvalue weighted by molar-refractivity contribution is 6.00. The Bertz CT molecular complexity index is 3320. The molecule has 3 rings (SSSR count). The maximum atomic E-state index is 15.5. The van der Waals surface area contributed by atoms with Crippen molar-refractivity contribution in [3.05, 3.63) is 48.2 Å². The van der Waals surface area contributed by atoms with Gasteiger partial charge in [0.05, 0.1) is 29.3 Å². The van der Waals surface area contributed by atoms with E-state index in [4.69, 9.17) is 0 Å². The number of aliphatic hydroxyl groups excluding tert-OH is 1. The van der Waals surface area contributed by atoms with Gasteiger partial charge in [-0.3, -0.25) is 52.7 Å². The molecule has 1 fully saturated rings. The maximum absolute atomic E-state index is 15.5. The van der Waals surface area contributed by atoms with Gasteiger partial charge in [0.15, 0.2) is 6.20 Å². The smallest absolute Gasteiger partial charge is 0.390 e. The second-order valence-electron chi connectivity index (χ2n) is 31.2. The molecule has 25 nitrogen and oxygen atoms in total. The molecule has 0 spiro atoms. The zero-order chi connectivity index (χ0) is 79.6. The van der Waals surface area contributed by atoms with Gasteiger partial charge in [-0.15, -0.1) is 0 Å². The predicted molar refractivity (Wildman–Crippen MR) is 395 cm³/mol. The SMILES string of the molecule is CC[C@@H]1NC(=O)[C@H]([C@H](O)[C@H](C)C/C=C/CCC[n+]2ccc(N(C)C)c3ccc(C(F)(F)F)cc32)N(C)C(=O)[C@H](C(C)C)N(C)C(=O)[C@H](CC(C)C)N(C)C(=O)[C@H](CC(C)C)N(C)C(=O)[C@@H](C)NC(=O)[C@H](C)NC(=O)[C@H](CC(C)C)N(C)C(=O)[C@H](C(C)C)NC(=O)[C@H](CC(C)C)N(C)C(=O)CN(C)C1=O. The molecule has 0 radical (unpaired) electrons. The third-order valence-electron chi connectivity index (χ3n) is 19.6. The molecule has 1 saturated heterocycles. The van der Waals surface area contributed by atoms with Crippen LogP contribution in [-0.4, -0.2) is 241 Å². The third-order valence-corrected chi connectivity index (χ3v) is 19.6. The van der Waals surface area contributed by atoms with Crippen LogP contribution < -0.4 is 30.7 Å². The first-order valence-corrected chi connectivity index (χ1v) is 36.7. The zero-order valence-electron chi connectivity index (χ0n) is 66.6. The predicted octanol–water partition coefficient (Wildman–Crippen LogP) is 6.26. The number of nitrogens with one attached hydrogen (secondary N) is 4. The van der Waals surface area contributed by atoms with Crippen molar-refractivity contribution in [1.29, 1.82) is 0 Å². The summed E-state index contributed by atoms with van der Waals surface area (Å²) in [6, 6.07) is -7.43. The lowest BCUT2D eigenvalue weighted by Crippen LogP contribution is -2.63. The molecule has 1 aliphatic rings. The van der Waals surface area contributed by atoms with Crippen molar-refractivity contribution < 1.29 is 75.6 Å². The van der Waals surface area contributed by atoms with E-state index in [0.717, 1.165) is 27.6 Å². The minimum atomic E-state index is -4.56. The number of likely N-dealkylation sites (N-methyl/N-ethyl adjacent to an activating group) is 7. The van der Waals surface area contributed by atoms with Crippen molar-refractivity contribution in [2.75, 3.05) is 74.9 Å². The van der Waals surface area contributed by atoms with Crippen molar-refractivity contribution in [2.24, 2.45) is 41.4 Å². The lowest BCUT2D eigenvalue weighted by molar-refractivity contribution is -0.671. The molecule has 0 aliphatic carbocycles. The molecular weight excluding hydrogens is 1340 g/mol. The average Bonchev–Trinajstić information content (AvgIpc) is 0.784. The first kappa shape index (κ1) is 90.3. The Labute approximate surface area is 616 Å². The Morgan fingerprint density at radius 1 is 0.548 bits per heavy atom. The molecule has 5 N–H and O–H groups in total. The van der Waals surface area contributed by atoms with E-state index in [-0.39, 0.29) is 62.2 Å². The number of aromatic nitrogens is 1. The van der Waals surface area contributed by atoms with Gasteiger partial charge in [0.1, 0.15) is 67.0 Å². The highest BCUT2D eigenvalue weighted by atomic mass is 19.4. The summed E-state index contributed by atoms with van der Waals surface area (Å²) >= 11 is 0. The number of alkyl halides is 3. The summed E-state index contributed by atoms with van der Waals surface area (Å²) in [4.78, 5) is 173. The van der Waals surface area contributed by atoms with Crippen LogP contribution in [0.5, 0.6) is 0 Å². The molecule has 0 bridgehead atoms. The highest BCUT2D eigenvalue weighted by Gasteiger charge is 2.46. The van der Waals surface area contributed by atoms with Crippen LogP contribution in [0.1, 0.15) is 168 Å². The Kier molecular flexibility index (Phi) is 34.7. The monoisotopic (exact) mass is 1470 g/mol. The molecule has 28 heteroatoms. The van der Waals surface area contributed by atoms with Crippen LogP contribution in [0, 0.1) is 41.4 Å². The first-order valence-electron chi connectivity index (χ1n) is 36.7. The molecule has 0 unspecified atom stereocenters. The summed E-state index contributed by atoms with van der Waals surface area (Å²) in [5.41, 5.74) is 0.376. The summed E-state index contributed by atoms with van der Waals surface area (Å²) in [7, 11) is 13.4. The van der Waals surface area contributed by atoms with Crippen molar-refractivity contribution in [1.82, 2.24) is 55.6 Å². The number of allylic oxidation sites excluding steroid dienone is 2. The number of fused-ring (bicyclic) bond motifs is 1. The molecular formula is C76H125F3N13O12+. The zero-order valence-corrected chi connectivity index (χ0v) is 66.6. The quantitative estimate of drug-likeness (QED) is 0.0557. The number of unbranched alkanes of at least 4 members (excludes halogenated alkanes) is 1. The van der Waals surface area contributed by atoms with E-state index in [1.54, 1.807) is 58.4 Å². The van der Waals surface area contributed by atoms with Crippen LogP contribution in [0.3, 0.4) is 0 Å². The van der Waals surface area contributed by atoms with E-state index < -0.39 is 168 Å². The highest BCUT2D eigenvalue weighted by Crippen LogP contribution is 2.34. The molecule has 2 heterocycles. The van der Waals surface area contributed by atoms with Gasteiger partial charge in [-0.25, -0.2) is 0 Å². The van der Waals surface area contributed by atoms with E-state index >= 15 is 19.2 Å². The fraction of sp³-hybridized carbons (Fsp3) is 0.711. The van der Waals surface area contributed by atoms with Gasteiger partial charge in [0.2, 0.25) is 70.5 Å². The topological polar surface area (TPSA) is 286 Å². The lowest BCUT2D eigenvalue weighted by Gasteiger charge is -2.41. The van der Waals surface area contributed by atoms with Crippen LogP contribution in [0.4, 0.5) is 18.9 Å². The Morgan fingerprint density at radius 3 is 1.53 bits per heavy atom.